The Morgan fingerprint density at radius 1 is 1.08 bits per heavy atom. The van der Waals surface area contributed by atoms with Gasteiger partial charge in [-0.1, -0.05) is 0 Å². The van der Waals surface area contributed by atoms with E-state index in [1.165, 1.54) is 0 Å². The van der Waals surface area contributed by atoms with Crippen molar-refractivity contribution in [2.45, 2.75) is 102 Å². The Balaban J connectivity index is 1.99. The van der Waals surface area contributed by atoms with Gasteiger partial charge in [-0.15, -0.1) is 0 Å². The van der Waals surface area contributed by atoms with E-state index < -0.39 is 16.6 Å². The quantitative estimate of drug-likeness (QED) is 0.806. The molecule has 0 radical (unpaired) electrons. The highest BCUT2D eigenvalue weighted by molar-refractivity contribution is 7.84. The van der Waals surface area contributed by atoms with Crippen LogP contribution in [-0.2, 0) is 15.7 Å². The highest BCUT2D eigenvalue weighted by Crippen LogP contribution is 2.58. The highest BCUT2D eigenvalue weighted by Gasteiger charge is 2.57. The highest BCUT2D eigenvalue weighted by atomic mass is 32.2. The molecule has 2 aliphatic rings. The molecule has 2 aliphatic carbocycles. The molecule has 2 atom stereocenters. The summed E-state index contributed by atoms with van der Waals surface area (Å²) in [6.45, 7) is 13.7. The summed E-state index contributed by atoms with van der Waals surface area (Å²) in [6, 6.07) is 0.169. The molecule has 0 unspecified atom stereocenters. The minimum atomic E-state index is -1.07. The van der Waals surface area contributed by atoms with Gasteiger partial charge >= 0.3 is 6.09 Å². The van der Waals surface area contributed by atoms with Crippen molar-refractivity contribution in [3.05, 3.63) is 0 Å². The van der Waals surface area contributed by atoms with Crippen molar-refractivity contribution in [1.29, 1.82) is 0 Å². The lowest BCUT2D eigenvalue weighted by molar-refractivity contribution is 0.0458. The number of rotatable bonds is 4. The van der Waals surface area contributed by atoms with E-state index in [0.29, 0.717) is 0 Å². The first kappa shape index (κ1) is 19.7. The van der Waals surface area contributed by atoms with E-state index >= 15 is 0 Å². The van der Waals surface area contributed by atoms with Crippen LogP contribution in [0.4, 0.5) is 4.79 Å². The number of nitrogens with one attached hydrogen (secondary N) is 2. The number of fused-ring (bicyclic) bond motifs is 2. The van der Waals surface area contributed by atoms with Crippen molar-refractivity contribution >= 4 is 17.1 Å². The fourth-order valence-corrected chi connectivity index (χ4v) is 4.92. The molecule has 2 bridgehead atoms. The van der Waals surface area contributed by atoms with E-state index in [0.717, 1.165) is 32.1 Å². The number of carbonyl (C=O) groups excluding carboxylic acids is 1. The molecule has 0 aliphatic heterocycles. The Hall–Kier alpha value is -0.620. The Morgan fingerprint density at radius 2 is 1.62 bits per heavy atom. The summed E-state index contributed by atoms with van der Waals surface area (Å²) in [5, 5.41) is 3.14. The Bertz CT molecular complexity index is 511. The summed E-state index contributed by atoms with van der Waals surface area (Å²) >= 11 is 0. The van der Waals surface area contributed by atoms with Crippen molar-refractivity contribution in [3.8, 4) is 0 Å². The zero-order valence-corrected chi connectivity index (χ0v) is 17.1. The number of carbonyl (C=O) groups is 1. The number of hydrogen-bond donors (Lipinski definition) is 2. The molecule has 0 aromatic carbocycles. The Kier molecular flexibility index (Phi) is 5.15. The molecule has 0 aromatic rings. The average molecular weight is 359 g/mol. The van der Waals surface area contributed by atoms with Crippen LogP contribution in [0.2, 0.25) is 0 Å². The van der Waals surface area contributed by atoms with Crippen molar-refractivity contribution in [3.63, 3.8) is 0 Å². The van der Waals surface area contributed by atoms with Gasteiger partial charge in [0.2, 0.25) is 0 Å². The molecule has 24 heavy (non-hydrogen) atoms. The molecule has 0 spiro atoms. The van der Waals surface area contributed by atoms with E-state index in [4.69, 9.17) is 4.74 Å². The predicted molar refractivity (Wildman–Crippen MR) is 98.1 cm³/mol. The van der Waals surface area contributed by atoms with Gasteiger partial charge in [0.15, 0.2) is 0 Å². The van der Waals surface area contributed by atoms with Crippen LogP contribution in [0.1, 0.15) is 80.6 Å². The van der Waals surface area contributed by atoms with Gasteiger partial charge in [0.1, 0.15) is 5.60 Å². The second-order valence-corrected chi connectivity index (χ2v) is 11.7. The van der Waals surface area contributed by atoms with Crippen molar-refractivity contribution in [2.75, 3.05) is 0 Å². The molecular formula is C18H34N2O3S. The summed E-state index contributed by atoms with van der Waals surface area (Å²) < 4.78 is 20.9. The van der Waals surface area contributed by atoms with Crippen LogP contribution in [0.5, 0.6) is 0 Å². The summed E-state index contributed by atoms with van der Waals surface area (Å²) in [6.07, 6.45) is 4.67. The molecule has 0 aromatic heterocycles. The largest absolute Gasteiger partial charge is 0.444 e. The summed E-state index contributed by atoms with van der Waals surface area (Å²) in [5.74, 6) is 0. The summed E-state index contributed by atoms with van der Waals surface area (Å²) in [7, 11) is -1.07. The van der Waals surface area contributed by atoms with Gasteiger partial charge in [0, 0.05) is 11.6 Å². The molecule has 6 heteroatoms. The number of ether oxygens (including phenoxy) is 1. The maximum Gasteiger partial charge on any atom is 0.408 e. The van der Waals surface area contributed by atoms with Crippen LogP contribution in [0.15, 0.2) is 0 Å². The van der Waals surface area contributed by atoms with Crippen LogP contribution >= 0.6 is 0 Å². The molecule has 2 rings (SSSR count). The molecule has 2 fully saturated rings. The van der Waals surface area contributed by atoms with Gasteiger partial charge in [-0.25, -0.2) is 13.7 Å². The molecule has 2 saturated carbocycles. The summed E-state index contributed by atoms with van der Waals surface area (Å²) in [4.78, 5) is 12.2. The number of hydrogen-bond acceptors (Lipinski definition) is 3. The van der Waals surface area contributed by atoms with E-state index in [-0.39, 0.29) is 27.8 Å². The standard InChI is InChI=1S/C18H34N2O3S/c1-13(20-24(22)16(5,6)7)17-8-10-18(12-17,11-9-17)19-14(21)23-15(2,3)4/h13,20H,8-12H2,1-7H3,(H,19,21)/t13-,17?,18?,24-/m0/s1. The first-order chi connectivity index (χ1) is 10.8. The molecular weight excluding hydrogens is 324 g/mol. The lowest BCUT2D eigenvalue weighted by Gasteiger charge is -2.35. The minimum Gasteiger partial charge on any atom is -0.444 e. The normalized spacial score (nSPS) is 32.5. The van der Waals surface area contributed by atoms with Crippen LogP contribution in [-0.4, -0.2) is 32.2 Å². The molecule has 1 amide bonds. The lowest BCUT2D eigenvalue weighted by atomic mass is 9.78. The predicted octanol–water partition coefficient (Wildman–Crippen LogP) is 3.65. The zero-order valence-electron chi connectivity index (χ0n) is 16.2. The molecule has 140 valence electrons. The number of alkyl carbamates (subject to hydrolysis) is 1. The monoisotopic (exact) mass is 358 g/mol. The van der Waals surface area contributed by atoms with E-state index in [2.05, 4.69) is 17.0 Å². The van der Waals surface area contributed by atoms with Gasteiger partial charge in [0.05, 0.1) is 15.7 Å². The SMILES string of the molecule is C[C@H](N[S@@](=O)C(C)(C)C)C12CCC(NC(=O)OC(C)(C)C)(CC1)C2. The molecule has 5 nitrogen and oxygen atoms in total. The fraction of sp³-hybridized carbons (Fsp3) is 0.944. The van der Waals surface area contributed by atoms with Gasteiger partial charge in [-0.3, -0.25) is 0 Å². The maximum atomic E-state index is 12.4. The minimum absolute atomic E-state index is 0.121. The second-order valence-electron chi connectivity index (χ2n) is 9.67. The van der Waals surface area contributed by atoms with E-state index in [1.54, 1.807) is 0 Å². The van der Waals surface area contributed by atoms with Gasteiger partial charge in [-0.2, -0.15) is 0 Å². The smallest absolute Gasteiger partial charge is 0.408 e. The van der Waals surface area contributed by atoms with Crippen LogP contribution < -0.4 is 10.0 Å². The average Bonchev–Trinajstić information content (AvgIpc) is 2.91. The van der Waals surface area contributed by atoms with Gasteiger partial charge < -0.3 is 10.1 Å². The molecule has 0 heterocycles. The van der Waals surface area contributed by atoms with E-state index in [1.807, 2.05) is 41.5 Å². The maximum absolute atomic E-state index is 12.4. The fourth-order valence-electron chi connectivity index (χ4n) is 3.99. The number of amides is 1. The second kappa shape index (κ2) is 6.27. The van der Waals surface area contributed by atoms with Crippen LogP contribution in [0.3, 0.4) is 0 Å². The Morgan fingerprint density at radius 3 is 2.08 bits per heavy atom. The topological polar surface area (TPSA) is 67.4 Å². The third kappa shape index (κ3) is 4.31. The first-order valence-electron chi connectivity index (χ1n) is 8.96. The zero-order chi connectivity index (χ0) is 18.4. The van der Waals surface area contributed by atoms with Crippen molar-refractivity contribution < 1.29 is 13.7 Å². The van der Waals surface area contributed by atoms with Crippen molar-refractivity contribution in [1.82, 2.24) is 10.0 Å². The third-order valence-corrected chi connectivity index (χ3v) is 7.10. The summed E-state index contributed by atoms with van der Waals surface area (Å²) in [5.41, 5.74) is -0.509. The van der Waals surface area contributed by atoms with Crippen LogP contribution in [0.25, 0.3) is 0 Å². The van der Waals surface area contributed by atoms with Gasteiger partial charge in [0.25, 0.3) is 0 Å². The molecule has 0 saturated heterocycles. The van der Waals surface area contributed by atoms with Crippen LogP contribution in [0, 0.1) is 5.41 Å². The van der Waals surface area contributed by atoms with Gasteiger partial charge in [-0.05, 0) is 86.0 Å². The third-order valence-electron chi connectivity index (χ3n) is 5.42. The molecule has 2 N–H and O–H groups in total. The first-order valence-corrected chi connectivity index (χ1v) is 10.1. The van der Waals surface area contributed by atoms with Crippen molar-refractivity contribution in [2.24, 2.45) is 5.41 Å². The Labute approximate surface area is 149 Å². The van der Waals surface area contributed by atoms with E-state index in [9.17, 15) is 9.00 Å². The lowest BCUT2D eigenvalue weighted by Crippen LogP contribution is -2.47.